The Kier molecular flexibility index (Phi) is 4.67. The van der Waals surface area contributed by atoms with Crippen molar-refractivity contribution in [3.8, 4) is 0 Å². The zero-order valence-electron chi connectivity index (χ0n) is 9.84. The number of primary amides is 1. The second-order valence-corrected chi connectivity index (χ2v) is 6.65. The SMILES string of the molecule is CCCCN(C)S(=O)(=O)c1csc(C(N)=O)c1. The maximum absolute atomic E-state index is 12.1. The summed E-state index contributed by atoms with van der Waals surface area (Å²) in [6, 6.07) is 1.32. The largest absolute Gasteiger partial charge is 0.365 e. The monoisotopic (exact) mass is 276 g/mol. The molecule has 0 aliphatic carbocycles. The summed E-state index contributed by atoms with van der Waals surface area (Å²) < 4.78 is 25.4. The Labute approximate surface area is 105 Å². The molecule has 96 valence electrons. The van der Waals surface area contributed by atoms with Crippen LogP contribution in [0.3, 0.4) is 0 Å². The lowest BCUT2D eigenvalue weighted by molar-refractivity contribution is 0.100. The smallest absolute Gasteiger partial charge is 0.258 e. The molecule has 7 heteroatoms. The van der Waals surface area contributed by atoms with Crippen LogP contribution >= 0.6 is 11.3 Å². The molecule has 0 radical (unpaired) electrons. The highest BCUT2D eigenvalue weighted by Gasteiger charge is 2.22. The van der Waals surface area contributed by atoms with Gasteiger partial charge in [-0.05, 0) is 12.5 Å². The molecule has 0 aliphatic heterocycles. The Balaban J connectivity index is 2.92. The average Bonchev–Trinajstić information content (AvgIpc) is 2.75. The number of nitrogens with two attached hydrogens (primary N) is 1. The van der Waals surface area contributed by atoms with Crippen molar-refractivity contribution in [1.82, 2.24) is 4.31 Å². The molecule has 17 heavy (non-hydrogen) atoms. The second-order valence-electron chi connectivity index (χ2n) is 3.69. The van der Waals surface area contributed by atoms with Crippen LogP contribution in [0.15, 0.2) is 16.3 Å². The molecule has 1 heterocycles. The molecule has 0 aromatic carbocycles. The third-order valence-electron chi connectivity index (χ3n) is 2.35. The molecule has 2 N–H and O–H groups in total. The lowest BCUT2D eigenvalue weighted by Crippen LogP contribution is -2.27. The van der Waals surface area contributed by atoms with Crippen LogP contribution in [-0.4, -0.2) is 32.2 Å². The summed E-state index contributed by atoms with van der Waals surface area (Å²) in [4.78, 5) is 11.3. The van der Waals surface area contributed by atoms with Crippen molar-refractivity contribution in [3.05, 3.63) is 16.3 Å². The third-order valence-corrected chi connectivity index (χ3v) is 5.28. The summed E-state index contributed by atoms with van der Waals surface area (Å²) >= 11 is 1.05. The molecule has 0 fully saturated rings. The van der Waals surface area contributed by atoms with E-state index < -0.39 is 15.9 Å². The van der Waals surface area contributed by atoms with Gasteiger partial charge in [0.25, 0.3) is 5.91 Å². The first-order valence-electron chi connectivity index (χ1n) is 5.24. The molecule has 1 rings (SSSR count). The summed E-state index contributed by atoms with van der Waals surface area (Å²) in [6.45, 7) is 2.47. The predicted molar refractivity (Wildman–Crippen MR) is 67.6 cm³/mol. The summed E-state index contributed by atoms with van der Waals surface area (Å²) in [5.74, 6) is -0.604. The van der Waals surface area contributed by atoms with E-state index in [1.807, 2.05) is 6.92 Å². The molecule has 0 aliphatic rings. The molecule has 1 amide bonds. The Morgan fingerprint density at radius 3 is 2.65 bits per heavy atom. The van der Waals surface area contributed by atoms with E-state index in [9.17, 15) is 13.2 Å². The van der Waals surface area contributed by atoms with Gasteiger partial charge in [-0.1, -0.05) is 13.3 Å². The fraction of sp³-hybridized carbons (Fsp3) is 0.500. The van der Waals surface area contributed by atoms with Crippen LogP contribution < -0.4 is 5.73 Å². The van der Waals surface area contributed by atoms with Crippen LogP contribution in [0.2, 0.25) is 0 Å². The lowest BCUT2D eigenvalue weighted by atomic mass is 10.3. The van der Waals surface area contributed by atoms with E-state index >= 15 is 0 Å². The maximum Gasteiger partial charge on any atom is 0.258 e. The van der Waals surface area contributed by atoms with Crippen molar-refractivity contribution in [2.24, 2.45) is 5.73 Å². The molecule has 0 unspecified atom stereocenters. The molecular weight excluding hydrogens is 260 g/mol. The molecule has 0 saturated carbocycles. The number of unbranched alkanes of at least 4 members (excludes halogenated alkanes) is 1. The van der Waals surface area contributed by atoms with Crippen molar-refractivity contribution in [1.29, 1.82) is 0 Å². The molecule has 0 spiro atoms. The van der Waals surface area contributed by atoms with Crippen LogP contribution in [-0.2, 0) is 10.0 Å². The van der Waals surface area contributed by atoms with Gasteiger partial charge in [0.1, 0.15) is 0 Å². The molecular formula is C10H16N2O3S2. The van der Waals surface area contributed by atoms with Gasteiger partial charge in [-0.15, -0.1) is 11.3 Å². The number of hydrogen-bond donors (Lipinski definition) is 1. The third kappa shape index (κ3) is 3.27. The van der Waals surface area contributed by atoms with E-state index in [1.165, 1.54) is 22.8 Å². The van der Waals surface area contributed by atoms with Gasteiger partial charge in [0.2, 0.25) is 10.0 Å². The first-order valence-corrected chi connectivity index (χ1v) is 7.56. The standard InChI is InChI=1S/C10H16N2O3S2/c1-3-4-5-12(2)17(14,15)8-6-9(10(11)13)16-7-8/h6-7H,3-5H2,1-2H3,(H2,11,13). The Hall–Kier alpha value is -0.920. The number of sulfonamides is 1. The summed E-state index contributed by atoms with van der Waals surface area (Å²) in [7, 11) is -1.95. The first kappa shape index (κ1) is 14.1. The van der Waals surface area contributed by atoms with E-state index in [0.717, 1.165) is 24.2 Å². The zero-order valence-corrected chi connectivity index (χ0v) is 11.5. The normalized spacial score (nSPS) is 11.9. The number of hydrogen-bond acceptors (Lipinski definition) is 4. The van der Waals surface area contributed by atoms with Gasteiger partial charge in [-0.2, -0.15) is 0 Å². The van der Waals surface area contributed by atoms with E-state index in [0.29, 0.717) is 6.54 Å². The topological polar surface area (TPSA) is 80.5 Å². The summed E-state index contributed by atoms with van der Waals surface area (Å²) in [5, 5.41) is 1.44. The number of carbonyl (C=O) groups is 1. The number of rotatable bonds is 6. The minimum Gasteiger partial charge on any atom is -0.365 e. The fourth-order valence-electron chi connectivity index (χ4n) is 1.26. The zero-order chi connectivity index (χ0) is 13.1. The highest BCUT2D eigenvalue weighted by molar-refractivity contribution is 7.89. The maximum atomic E-state index is 12.1. The molecule has 5 nitrogen and oxygen atoms in total. The summed E-state index contributed by atoms with van der Waals surface area (Å²) in [5.41, 5.74) is 5.09. The van der Waals surface area contributed by atoms with Gasteiger partial charge >= 0.3 is 0 Å². The van der Waals surface area contributed by atoms with Gasteiger partial charge in [-0.25, -0.2) is 12.7 Å². The van der Waals surface area contributed by atoms with E-state index in [2.05, 4.69) is 0 Å². The second kappa shape index (κ2) is 5.61. The van der Waals surface area contributed by atoms with Crippen LogP contribution in [0.1, 0.15) is 29.4 Å². The van der Waals surface area contributed by atoms with Gasteiger partial charge in [-0.3, -0.25) is 4.79 Å². The molecule has 0 bridgehead atoms. The van der Waals surface area contributed by atoms with E-state index in [1.54, 1.807) is 0 Å². The van der Waals surface area contributed by atoms with Gasteiger partial charge in [0.05, 0.1) is 9.77 Å². The molecule has 1 aromatic rings. The van der Waals surface area contributed by atoms with Crippen molar-refractivity contribution >= 4 is 27.3 Å². The van der Waals surface area contributed by atoms with Crippen molar-refractivity contribution in [3.63, 3.8) is 0 Å². The van der Waals surface area contributed by atoms with Crippen molar-refractivity contribution in [2.75, 3.05) is 13.6 Å². The van der Waals surface area contributed by atoms with E-state index in [-0.39, 0.29) is 9.77 Å². The van der Waals surface area contributed by atoms with Crippen molar-refractivity contribution in [2.45, 2.75) is 24.7 Å². The number of carbonyl (C=O) groups excluding carboxylic acids is 1. The van der Waals surface area contributed by atoms with Crippen LogP contribution in [0, 0.1) is 0 Å². The lowest BCUT2D eigenvalue weighted by Gasteiger charge is -2.15. The Morgan fingerprint density at radius 2 is 2.18 bits per heavy atom. The summed E-state index contributed by atoms with van der Waals surface area (Å²) in [6.07, 6.45) is 1.73. The van der Waals surface area contributed by atoms with Crippen LogP contribution in [0.5, 0.6) is 0 Å². The predicted octanol–water partition coefficient (Wildman–Crippen LogP) is 1.27. The highest BCUT2D eigenvalue weighted by atomic mass is 32.2. The number of amides is 1. The van der Waals surface area contributed by atoms with Crippen LogP contribution in [0.25, 0.3) is 0 Å². The molecule has 0 atom stereocenters. The number of nitrogens with zero attached hydrogens (tertiary/aromatic N) is 1. The minimum absolute atomic E-state index is 0.134. The Morgan fingerprint density at radius 1 is 1.53 bits per heavy atom. The van der Waals surface area contributed by atoms with Gasteiger partial charge < -0.3 is 5.73 Å². The van der Waals surface area contributed by atoms with Gasteiger partial charge in [0, 0.05) is 19.0 Å². The minimum atomic E-state index is -3.49. The fourth-order valence-corrected chi connectivity index (χ4v) is 3.59. The van der Waals surface area contributed by atoms with E-state index in [4.69, 9.17) is 5.73 Å². The Bertz CT molecular complexity index is 493. The number of thiophene rings is 1. The van der Waals surface area contributed by atoms with Gasteiger partial charge in [0.15, 0.2) is 0 Å². The van der Waals surface area contributed by atoms with Crippen LogP contribution in [0.4, 0.5) is 0 Å². The average molecular weight is 276 g/mol. The quantitative estimate of drug-likeness (QED) is 0.849. The first-order chi connectivity index (χ1) is 7.89. The molecule has 1 aromatic heterocycles. The van der Waals surface area contributed by atoms with Crippen molar-refractivity contribution < 1.29 is 13.2 Å². The highest BCUT2D eigenvalue weighted by Crippen LogP contribution is 2.21. The molecule has 0 saturated heterocycles.